The van der Waals surface area contributed by atoms with Gasteiger partial charge in [0.05, 0.1) is 6.61 Å². The molecule has 0 aliphatic rings. The second-order valence-corrected chi connectivity index (χ2v) is 2.76. The Balaban J connectivity index is -0.000000315. The van der Waals surface area contributed by atoms with Gasteiger partial charge in [0, 0.05) is 6.61 Å². The molecular weight excluding hydrogens is 252 g/mol. The summed E-state index contributed by atoms with van der Waals surface area (Å²) in [5, 5.41) is 51.1. The zero-order chi connectivity index (χ0) is 15.1. The minimum Gasteiger partial charge on any atom is -0.397 e. The van der Waals surface area contributed by atoms with Crippen molar-refractivity contribution in [3.63, 3.8) is 0 Å². The van der Waals surface area contributed by atoms with Gasteiger partial charge in [0.1, 0.15) is 24.4 Å². The third kappa shape index (κ3) is 12.9. The van der Waals surface area contributed by atoms with E-state index in [2.05, 4.69) is 0 Å². The first-order valence-electron chi connectivity index (χ1n) is 4.76. The molecule has 0 aliphatic carbocycles. The number of hydrogen-bond acceptors (Lipinski definition) is 9. The van der Waals surface area contributed by atoms with Gasteiger partial charge in [-0.3, -0.25) is 0 Å². The van der Waals surface area contributed by atoms with E-state index >= 15 is 0 Å². The molecule has 0 amide bonds. The lowest BCUT2D eigenvalue weighted by molar-refractivity contribution is -0.191. The fourth-order valence-electron chi connectivity index (χ4n) is 0.618. The highest BCUT2D eigenvalue weighted by Crippen LogP contribution is 2.02. The predicted molar refractivity (Wildman–Crippen MR) is 54.9 cm³/mol. The van der Waals surface area contributed by atoms with Crippen molar-refractivity contribution in [3.05, 3.63) is 0 Å². The smallest absolute Gasteiger partial charge is 0.373 e. The van der Waals surface area contributed by atoms with Crippen molar-refractivity contribution in [3.8, 4) is 0 Å². The summed E-state index contributed by atoms with van der Waals surface area (Å²) in [6, 6.07) is 0. The molecule has 0 aromatic heterocycles. The summed E-state index contributed by atoms with van der Waals surface area (Å²) >= 11 is 0. The monoisotopic (exact) mass is 270 g/mol. The highest BCUT2D eigenvalue weighted by molar-refractivity contribution is 5.56. The highest BCUT2D eigenvalue weighted by atomic mass is 16.4. The molecule has 4 atom stereocenters. The van der Waals surface area contributed by atoms with Crippen LogP contribution < -0.4 is 0 Å². The molecule has 0 rings (SSSR count). The first kappa shape index (κ1) is 22.0. The van der Waals surface area contributed by atoms with Crippen LogP contribution in [0.5, 0.6) is 0 Å². The fraction of sp³-hybridized carbons (Fsp3) is 0.778. The van der Waals surface area contributed by atoms with Crippen LogP contribution in [0, 0.1) is 0 Å². The van der Waals surface area contributed by atoms with Crippen LogP contribution in [0.25, 0.3) is 0 Å². The molecule has 18 heavy (non-hydrogen) atoms. The zero-order valence-corrected chi connectivity index (χ0v) is 9.71. The molecule has 0 fully saturated rings. The molecule has 0 unspecified atom stereocenters. The number of aldehydes is 1. The van der Waals surface area contributed by atoms with Crippen molar-refractivity contribution in [2.75, 3.05) is 13.2 Å². The van der Waals surface area contributed by atoms with E-state index in [-0.39, 0.29) is 19.0 Å². The summed E-state index contributed by atoms with van der Waals surface area (Å²) in [7, 11) is 0. The summed E-state index contributed by atoms with van der Waals surface area (Å²) in [5.74, 6) is 0. The first-order valence-corrected chi connectivity index (χ1v) is 4.76. The van der Waals surface area contributed by atoms with E-state index in [0.717, 1.165) is 0 Å². The molecule has 0 aliphatic heterocycles. The van der Waals surface area contributed by atoms with Gasteiger partial charge in [-0.1, -0.05) is 0 Å². The number of aliphatic hydroxyl groups excluding tert-OH is 6. The van der Waals surface area contributed by atoms with Crippen molar-refractivity contribution in [2.45, 2.75) is 31.3 Å². The van der Waals surface area contributed by atoms with Gasteiger partial charge in [-0.2, -0.15) is 9.59 Å². The SMILES string of the molecule is CCO.O=C=O.O=C[C@H](O)[C@@H](O)[C@H](O)[C@H](O)CO. The quantitative estimate of drug-likeness (QED) is 0.272. The number of hydrogen-bond donors (Lipinski definition) is 6. The number of carbonyl (C=O) groups is 1. The molecule has 108 valence electrons. The third-order valence-electron chi connectivity index (χ3n) is 1.42. The maximum Gasteiger partial charge on any atom is 0.373 e. The molecule has 0 aromatic carbocycles. The summed E-state index contributed by atoms with van der Waals surface area (Å²) in [5.41, 5.74) is 0. The van der Waals surface area contributed by atoms with Crippen molar-refractivity contribution >= 4 is 12.4 Å². The Hall–Kier alpha value is -1.19. The van der Waals surface area contributed by atoms with Crippen LogP contribution in [-0.2, 0) is 14.4 Å². The lowest BCUT2D eigenvalue weighted by Gasteiger charge is -2.22. The zero-order valence-electron chi connectivity index (χ0n) is 9.71. The lowest BCUT2D eigenvalue weighted by atomic mass is 10.0. The minimum absolute atomic E-state index is 0.0258. The Kier molecular flexibility index (Phi) is 19.4. The van der Waals surface area contributed by atoms with Crippen molar-refractivity contribution in [1.29, 1.82) is 0 Å². The Labute approximate surface area is 103 Å². The maximum atomic E-state index is 9.90. The minimum atomic E-state index is -1.79. The van der Waals surface area contributed by atoms with Gasteiger partial charge in [-0.05, 0) is 6.92 Å². The molecule has 0 bridgehead atoms. The first-order chi connectivity index (χ1) is 8.37. The van der Waals surface area contributed by atoms with Gasteiger partial charge in [0.15, 0.2) is 6.29 Å². The molecule has 9 heteroatoms. The molecule has 0 radical (unpaired) electrons. The Bertz CT molecular complexity index is 214. The summed E-state index contributed by atoms with van der Waals surface area (Å²) in [6.07, 6.45) is -6.59. The van der Waals surface area contributed by atoms with Crippen LogP contribution in [0.3, 0.4) is 0 Å². The van der Waals surface area contributed by atoms with E-state index in [1.807, 2.05) is 0 Å². The van der Waals surface area contributed by atoms with Crippen molar-refractivity contribution in [2.24, 2.45) is 0 Å². The maximum absolute atomic E-state index is 9.90. The molecule has 9 nitrogen and oxygen atoms in total. The summed E-state index contributed by atoms with van der Waals surface area (Å²) < 4.78 is 0. The lowest BCUT2D eigenvalue weighted by Crippen LogP contribution is -2.46. The van der Waals surface area contributed by atoms with Crippen LogP contribution in [0.1, 0.15) is 6.92 Å². The van der Waals surface area contributed by atoms with Gasteiger partial charge in [0.25, 0.3) is 0 Å². The van der Waals surface area contributed by atoms with Gasteiger partial charge >= 0.3 is 6.15 Å². The van der Waals surface area contributed by atoms with Crippen molar-refractivity contribution in [1.82, 2.24) is 0 Å². The highest BCUT2D eigenvalue weighted by Gasteiger charge is 2.29. The van der Waals surface area contributed by atoms with E-state index in [1.165, 1.54) is 0 Å². The topological polar surface area (TPSA) is 173 Å². The molecular formula is C9H18O9. The summed E-state index contributed by atoms with van der Waals surface area (Å²) in [6.45, 7) is 1.17. The second kappa shape index (κ2) is 15.8. The molecule has 0 aromatic rings. The average molecular weight is 270 g/mol. The van der Waals surface area contributed by atoms with Crippen LogP contribution >= 0.6 is 0 Å². The normalized spacial score (nSPS) is 15.5. The van der Waals surface area contributed by atoms with E-state index in [4.69, 9.17) is 40.2 Å². The Morgan fingerprint density at radius 2 is 1.39 bits per heavy atom. The van der Waals surface area contributed by atoms with E-state index in [1.54, 1.807) is 6.92 Å². The number of aliphatic hydroxyl groups is 6. The molecule has 0 spiro atoms. The van der Waals surface area contributed by atoms with Gasteiger partial charge in [-0.25, -0.2) is 0 Å². The van der Waals surface area contributed by atoms with E-state index in [9.17, 15) is 4.79 Å². The standard InChI is InChI=1S/C6H12O6.C2H6O.CO2/c7-1-3(9)5(11)6(12)4(10)2-8;1-2-3;2-1-3/h1,3-6,8-12H,2H2;3H,2H2,1H3;/t3-,4+,5+,6+;;/m0../s1. The fourth-order valence-corrected chi connectivity index (χ4v) is 0.618. The average Bonchev–Trinajstić information content (AvgIpc) is 2.36. The molecule has 0 saturated heterocycles. The largest absolute Gasteiger partial charge is 0.397 e. The second-order valence-electron chi connectivity index (χ2n) is 2.76. The van der Waals surface area contributed by atoms with E-state index < -0.39 is 31.0 Å². The molecule has 0 heterocycles. The molecule has 0 saturated carbocycles. The Morgan fingerprint density at radius 3 is 1.61 bits per heavy atom. The number of rotatable bonds is 5. The van der Waals surface area contributed by atoms with E-state index in [0.29, 0.717) is 0 Å². The van der Waals surface area contributed by atoms with Crippen LogP contribution in [-0.4, -0.2) is 80.7 Å². The van der Waals surface area contributed by atoms with Gasteiger partial charge in [-0.15, -0.1) is 0 Å². The van der Waals surface area contributed by atoms with Crippen LogP contribution in [0.4, 0.5) is 0 Å². The Morgan fingerprint density at radius 1 is 1.06 bits per heavy atom. The van der Waals surface area contributed by atoms with Gasteiger partial charge in [0.2, 0.25) is 0 Å². The van der Waals surface area contributed by atoms with Crippen LogP contribution in [0.2, 0.25) is 0 Å². The number of carbonyl (C=O) groups excluding carboxylic acids is 3. The van der Waals surface area contributed by atoms with Crippen LogP contribution in [0.15, 0.2) is 0 Å². The predicted octanol–water partition coefficient (Wildman–Crippen LogP) is -3.96. The van der Waals surface area contributed by atoms with Crippen molar-refractivity contribution < 1.29 is 45.0 Å². The van der Waals surface area contributed by atoms with Gasteiger partial charge < -0.3 is 35.4 Å². The third-order valence-corrected chi connectivity index (χ3v) is 1.42. The molecule has 6 N–H and O–H groups in total. The summed E-state index contributed by atoms with van der Waals surface area (Å²) in [4.78, 5) is 26.1.